The first-order valence-electron chi connectivity index (χ1n) is 6.42. The molecule has 2 heterocycles. The second-order valence-electron chi connectivity index (χ2n) is 4.85. The number of carbonyl (C=O) groups excluding carboxylic acids is 1. The maximum absolute atomic E-state index is 11.7. The van der Waals surface area contributed by atoms with Gasteiger partial charge in [-0.05, 0) is 56.2 Å². The molecule has 2 saturated heterocycles. The van der Waals surface area contributed by atoms with Gasteiger partial charge in [0.15, 0.2) is 0 Å². The second kappa shape index (κ2) is 6.50. The first kappa shape index (κ1) is 12.2. The highest BCUT2D eigenvalue weighted by atomic mass is 32.2. The molecule has 2 aliphatic heterocycles. The Morgan fingerprint density at radius 2 is 2.12 bits per heavy atom. The van der Waals surface area contributed by atoms with Crippen LogP contribution in [0, 0.1) is 5.92 Å². The Bertz CT molecular complexity index is 223. The normalized spacial score (nSPS) is 26.9. The van der Waals surface area contributed by atoms with Gasteiger partial charge in [0.2, 0.25) is 5.91 Å². The molecule has 2 N–H and O–H groups in total. The van der Waals surface area contributed by atoms with Crippen molar-refractivity contribution in [2.24, 2.45) is 5.92 Å². The summed E-state index contributed by atoms with van der Waals surface area (Å²) in [4.78, 5) is 11.7. The lowest BCUT2D eigenvalue weighted by molar-refractivity contribution is -0.122. The molecule has 0 saturated carbocycles. The predicted molar refractivity (Wildman–Crippen MR) is 68.7 cm³/mol. The SMILES string of the molecule is O=C(CCC1CCNC1)NC1CCSCC1. The molecule has 1 amide bonds. The zero-order chi connectivity index (χ0) is 11.2. The minimum atomic E-state index is 0.267. The van der Waals surface area contributed by atoms with E-state index < -0.39 is 0 Å². The number of hydrogen-bond acceptors (Lipinski definition) is 3. The van der Waals surface area contributed by atoms with Gasteiger partial charge < -0.3 is 10.6 Å². The van der Waals surface area contributed by atoms with Crippen molar-refractivity contribution in [3.63, 3.8) is 0 Å². The highest BCUT2D eigenvalue weighted by Gasteiger charge is 2.18. The molecule has 1 unspecified atom stereocenters. The van der Waals surface area contributed by atoms with Crippen LogP contribution in [0.15, 0.2) is 0 Å². The van der Waals surface area contributed by atoms with E-state index >= 15 is 0 Å². The lowest BCUT2D eigenvalue weighted by Gasteiger charge is -2.22. The van der Waals surface area contributed by atoms with Crippen LogP contribution in [0.25, 0.3) is 0 Å². The molecule has 0 aromatic heterocycles. The number of rotatable bonds is 4. The fraction of sp³-hybridized carbons (Fsp3) is 0.917. The van der Waals surface area contributed by atoms with E-state index in [0.717, 1.165) is 44.7 Å². The largest absolute Gasteiger partial charge is 0.353 e. The molecule has 0 aliphatic carbocycles. The molecule has 4 heteroatoms. The van der Waals surface area contributed by atoms with Crippen molar-refractivity contribution in [2.75, 3.05) is 24.6 Å². The summed E-state index contributed by atoms with van der Waals surface area (Å²) in [7, 11) is 0. The number of nitrogens with one attached hydrogen (secondary N) is 2. The lowest BCUT2D eigenvalue weighted by Crippen LogP contribution is -2.37. The summed E-state index contributed by atoms with van der Waals surface area (Å²) in [6.45, 7) is 2.24. The summed E-state index contributed by atoms with van der Waals surface area (Å²) in [6.07, 6.45) is 5.33. The molecule has 1 atom stereocenters. The van der Waals surface area contributed by atoms with E-state index in [0.29, 0.717) is 6.04 Å². The van der Waals surface area contributed by atoms with Gasteiger partial charge in [0.25, 0.3) is 0 Å². The van der Waals surface area contributed by atoms with Crippen LogP contribution in [-0.4, -0.2) is 36.5 Å². The fourth-order valence-electron chi connectivity index (χ4n) is 2.44. The second-order valence-corrected chi connectivity index (χ2v) is 6.08. The van der Waals surface area contributed by atoms with E-state index in [1.54, 1.807) is 0 Å². The van der Waals surface area contributed by atoms with Crippen molar-refractivity contribution < 1.29 is 4.79 Å². The Hall–Kier alpha value is -0.220. The number of hydrogen-bond donors (Lipinski definition) is 2. The first-order chi connectivity index (χ1) is 7.84. The van der Waals surface area contributed by atoms with Crippen molar-refractivity contribution in [2.45, 2.75) is 38.1 Å². The first-order valence-corrected chi connectivity index (χ1v) is 7.58. The third-order valence-corrected chi connectivity index (χ3v) is 4.58. The van der Waals surface area contributed by atoms with Gasteiger partial charge in [0, 0.05) is 12.5 Å². The maximum Gasteiger partial charge on any atom is 0.220 e. The molecule has 2 aliphatic rings. The highest BCUT2D eigenvalue weighted by Crippen LogP contribution is 2.18. The van der Waals surface area contributed by atoms with Crippen LogP contribution in [-0.2, 0) is 4.79 Å². The van der Waals surface area contributed by atoms with Gasteiger partial charge in [0.05, 0.1) is 0 Å². The molecule has 2 rings (SSSR count). The van der Waals surface area contributed by atoms with Crippen molar-refractivity contribution in [1.29, 1.82) is 0 Å². The Labute approximate surface area is 102 Å². The predicted octanol–water partition coefficient (Wildman–Crippen LogP) is 1.39. The van der Waals surface area contributed by atoms with E-state index in [2.05, 4.69) is 10.6 Å². The summed E-state index contributed by atoms with van der Waals surface area (Å²) in [6, 6.07) is 0.454. The monoisotopic (exact) mass is 242 g/mol. The number of thioether (sulfide) groups is 1. The molecule has 0 spiro atoms. The Kier molecular flexibility index (Phi) is 4.97. The van der Waals surface area contributed by atoms with Crippen LogP contribution < -0.4 is 10.6 Å². The Balaban J connectivity index is 1.59. The number of amides is 1. The van der Waals surface area contributed by atoms with Crippen molar-refractivity contribution in [1.82, 2.24) is 10.6 Å². The molecule has 0 aromatic rings. The van der Waals surface area contributed by atoms with E-state index in [9.17, 15) is 4.79 Å². The summed E-state index contributed by atoms with van der Waals surface area (Å²) < 4.78 is 0. The Morgan fingerprint density at radius 3 is 2.81 bits per heavy atom. The molecule has 2 fully saturated rings. The average molecular weight is 242 g/mol. The third-order valence-electron chi connectivity index (χ3n) is 3.53. The zero-order valence-electron chi connectivity index (χ0n) is 9.84. The van der Waals surface area contributed by atoms with Crippen molar-refractivity contribution in [3.05, 3.63) is 0 Å². The zero-order valence-corrected chi connectivity index (χ0v) is 10.7. The van der Waals surface area contributed by atoms with Crippen molar-refractivity contribution in [3.8, 4) is 0 Å². The van der Waals surface area contributed by atoms with Gasteiger partial charge in [-0.1, -0.05) is 0 Å². The summed E-state index contributed by atoms with van der Waals surface area (Å²) in [5.41, 5.74) is 0. The van der Waals surface area contributed by atoms with Crippen LogP contribution in [0.5, 0.6) is 0 Å². The highest BCUT2D eigenvalue weighted by molar-refractivity contribution is 7.99. The standard InChI is InChI=1S/C12H22N2OS/c15-12(2-1-10-3-6-13-9-10)14-11-4-7-16-8-5-11/h10-11,13H,1-9H2,(H,14,15). The maximum atomic E-state index is 11.7. The van der Waals surface area contributed by atoms with Crippen LogP contribution >= 0.6 is 11.8 Å². The minimum absolute atomic E-state index is 0.267. The van der Waals surface area contributed by atoms with Gasteiger partial charge in [-0.3, -0.25) is 4.79 Å². The molecular weight excluding hydrogens is 220 g/mol. The van der Waals surface area contributed by atoms with Gasteiger partial charge in [-0.15, -0.1) is 0 Å². The van der Waals surface area contributed by atoms with Crippen LogP contribution in [0.4, 0.5) is 0 Å². The van der Waals surface area contributed by atoms with Gasteiger partial charge in [0.1, 0.15) is 0 Å². The van der Waals surface area contributed by atoms with E-state index in [1.165, 1.54) is 17.9 Å². The summed E-state index contributed by atoms with van der Waals surface area (Å²) in [5, 5.41) is 6.51. The Morgan fingerprint density at radius 1 is 1.31 bits per heavy atom. The quantitative estimate of drug-likeness (QED) is 0.783. The molecule has 92 valence electrons. The van der Waals surface area contributed by atoms with Gasteiger partial charge >= 0.3 is 0 Å². The minimum Gasteiger partial charge on any atom is -0.353 e. The smallest absolute Gasteiger partial charge is 0.220 e. The van der Waals surface area contributed by atoms with Crippen molar-refractivity contribution >= 4 is 17.7 Å². The fourth-order valence-corrected chi connectivity index (χ4v) is 3.54. The lowest BCUT2D eigenvalue weighted by atomic mass is 10.0. The molecule has 16 heavy (non-hydrogen) atoms. The van der Waals surface area contributed by atoms with Gasteiger partial charge in [-0.2, -0.15) is 11.8 Å². The molecular formula is C12H22N2OS. The van der Waals surface area contributed by atoms with E-state index in [1.807, 2.05) is 11.8 Å². The summed E-state index contributed by atoms with van der Waals surface area (Å²) in [5.74, 6) is 3.41. The summed E-state index contributed by atoms with van der Waals surface area (Å²) >= 11 is 2.00. The third kappa shape index (κ3) is 3.98. The molecule has 0 radical (unpaired) electrons. The topological polar surface area (TPSA) is 41.1 Å². The average Bonchev–Trinajstić information content (AvgIpc) is 2.81. The molecule has 3 nitrogen and oxygen atoms in total. The van der Waals surface area contributed by atoms with Gasteiger partial charge in [-0.25, -0.2) is 0 Å². The van der Waals surface area contributed by atoms with E-state index in [-0.39, 0.29) is 5.91 Å². The molecule has 0 aromatic carbocycles. The van der Waals surface area contributed by atoms with E-state index in [4.69, 9.17) is 0 Å². The number of carbonyl (C=O) groups is 1. The van der Waals surface area contributed by atoms with Crippen LogP contribution in [0.2, 0.25) is 0 Å². The van der Waals surface area contributed by atoms with Crippen LogP contribution in [0.1, 0.15) is 32.1 Å². The van der Waals surface area contributed by atoms with Crippen LogP contribution in [0.3, 0.4) is 0 Å². The molecule has 0 bridgehead atoms.